The van der Waals surface area contributed by atoms with E-state index in [4.69, 9.17) is 0 Å². The predicted molar refractivity (Wildman–Crippen MR) is 87.1 cm³/mol. The van der Waals surface area contributed by atoms with Crippen LogP contribution in [0.2, 0.25) is 0 Å². The molecule has 0 aliphatic heterocycles. The van der Waals surface area contributed by atoms with E-state index < -0.39 is 0 Å². The van der Waals surface area contributed by atoms with E-state index in [1.807, 2.05) is 25.1 Å². The van der Waals surface area contributed by atoms with Crippen molar-refractivity contribution in [3.05, 3.63) is 70.5 Å². The van der Waals surface area contributed by atoms with Gasteiger partial charge in [0.1, 0.15) is 5.82 Å². The third-order valence-corrected chi connectivity index (χ3v) is 3.85. The first-order chi connectivity index (χ1) is 10.2. The zero-order valence-electron chi connectivity index (χ0n) is 13.1. The summed E-state index contributed by atoms with van der Waals surface area (Å²) < 4.78 is 14.5. The van der Waals surface area contributed by atoms with Gasteiger partial charge in [0.15, 0.2) is 0 Å². The van der Waals surface area contributed by atoms with Gasteiger partial charge in [-0.25, -0.2) is 4.39 Å². The van der Waals surface area contributed by atoms with Gasteiger partial charge < -0.3 is 5.32 Å². The van der Waals surface area contributed by atoms with E-state index in [1.165, 1.54) is 5.56 Å². The molecule has 2 aromatic rings. The maximum atomic E-state index is 14.5. The minimum Gasteiger partial charge on any atom is -0.306 e. The summed E-state index contributed by atoms with van der Waals surface area (Å²) >= 11 is 0. The standard InChI is InChI=1S/C19H24FN/c1-4-13-21-19(16-11-9-15(5-2)10-12-16)17-8-6-7-14(3)18(17)20/h6-12,19,21H,4-5,13H2,1-3H3. The second-order valence-corrected chi connectivity index (χ2v) is 5.46. The molecule has 0 amide bonds. The van der Waals surface area contributed by atoms with Gasteiger partial charge in [0.25, 0.3) is 0 Å². The van der Waals surface area contributed by atoms with Crippen molar-refractivity contribution in [2.24, 2.45) is 0 Å². The zero-order chi connectivity index (χ0) is 15.2. The molecule has 1 nitrogen and oxygen atoms in total. The van der Waals surface area contributed by atoms with Crippen molar-refractivity contribution in [1.29, 1.82) is 0 Å². The first kappa shape index (κ1) is 15.7. The zero-order valence-corrected chi connectivity index (χ0v) is 13.1. The van der Waals surface area contributed by atoms with Crippen LogP contribution in [0, 0.1) is 12.7 Å². The number of aryl methyl sites for hydroxylation is 2. The molecule has 1 unspecified atom stereocenters. The van der Waals surface area contributed by atoms with Crippen molar-refractivity contribution in [2.45, 2.75) is 39.7 Å². The van der Waals surface area contributed by atoms with Crippen LogP contribution in [0.5, 0.6) is 0 Å². The van der Waals surface area contributed by atoms with Gasteiger partial charge in [-0.3, -0.25) is 0 Å². The second-order valence-electron chi connectivity index (χ2n) is 5.46. The van der Waals surface area contributed by atoms with E-state index in [0.717, 1.165) is 30.5 Å². The molecule has 112 valence electrons. The molecule has 2 rings (SSSR count). The quantitative estimate of drug-likeness (QED) is 0.805. The maximum Gasteiger partial charge on any atom is 0.131 e. The number of hydrogen-bond donors (Lipinski definition) is 1. The maximum absolute atomic E-state index is 14.5. The molecular formula is C19H24FN. The monoisotopic (exact) mass is 285 g/mol. The van der Waals surface area contributed by atoms with Gasteiger partial charge in [0, 0.05) is 5.56 Å². The van der Waals surface area contributed by atoms with Gasteiger partial charge in [-0.2, -0.15) is 0 Å². The van der Waals surface area contributed by atoms with Crippen LogP contribution in [0.3, 0.4) is 0 Å². The molecule has 0 aromatic heterocycles. The molecular weight excluding hydrogens is 261 g/mol. The normalized spacial score (nSPS) is 12.4. The van der Waals surface area contributed by atoms with Crippen LogP contribution >= 0.6 is 0 Å². The summed E-state index contributed by atoms with van der Waals surface area (Å²) in [6.07, 6.45) is 2.04. The summed E-state index contributed by atoms with van der Waals surface area (Å²) in [7, 11) is 0. The predicted octanol–water partition coefficient (Wildman–Crippen LogP) is 4.79. The highest BCUT2D eigenvalue weighted by atomic mass is 19.1. The molecule has 2 aromatic carbocycles. The van der Waals surface area contributed by atoms with Crippen LogP contribution in [-0.4, -0.2) is 6.54 Å². The number of nitrogens with one attached hydrogen (secondary N) is 1. The third-order valence-electron chi connectivity index (χ3n) is 3.85. The van der Waals surface area contributed by atoms with Gasteiger partial charge in [0.05, 0.1) is 6.04 Å². The summed E-state index contributed by atoms with van der Waals surface area (Å²) in [5, 5.41) is 3.47. The SMILES string of the molecule is CCCNC(c1ccc(CC)cc1)c1cccc(C)c1F. The molecule has 0 saturated carbocycles. The van der Waals surface area contributed by atoms with Crippen LogP contribution in [0.1, 0.15) is 48.6 Å². The lowest BCUT2D eigenvalue weighted by atomic mass is 9.95. The summed E-state index contributed by atoms with van der Waals surface area (Å²) in [5.74, 6) is -0.106. The molecule has 0 aliphatic carbocycles. The van der Waals surface area contributed by atoms with Crippen molar-refractivity contribution >= 4 is 0 Å². The Kier molecular flexibility index (Phi) is 5.51. The fraction of sp³-hybridized carbons (Fsp3) is 0.368. The molecule has 0 heterocycles. The van der Waals surface area contributed by atoms with Crippen LogP contribution in [0.25, 0.3) is 0 Å². The average molecular weight is 285 g/mol. The first-order valence-electron chi connectivity index (χ1n) is 7.74. The van der Waals surface area contributed by atoms with Gasteiger partial charge >= 0.3 is 0 Å². The number of rotatable bonds is 6. The summed E-state index contributed by atoms with van der Waals surface area (Å²) in [6.45, 7) is 6.95. The molecule has 0 spiro atoms. The fourth-order valence-corrected chi connectivity index (χ4v) is 2.53. The van der Waals surface area contributed by atoms with E-state index in [0.29, 0.717) is 5.56 Å². The third kappa shape index (κ3) is 3.70. The van der Waals surface area contributed by atoms with E-state index in [-0.39, 0.29) is 11.9 Å². The summed E-state index contributed by atoms with van der Waals surface area (Å²) in [6, 6.07) is 14.0. The Morgan fingerprint density at radius 3 is 2.38 bits per heavy atom. The van der Waals surface area contributed by atoms with E-state index in [9.17, 15) is 4.39 Å². The van der Waals surface area contributed by atoms with E-state index in [2.05, 4.69) is 43.4 Å². The van der Waals surface area contributed by atoms with Gasteiger partial charge in [-0.15, -0.1) is 0 Å². The minimum absolute atomic E-state index is 0.0873. The van der Waals surface area contributed by atoms with E-state index >= 15 is 0 Å². The van der Waals surface area contributed by atoms with Crippen molar-refractivity contribution in [2.75, 3.05) is 6.54 Å². The number of halogens is 1. The van der Waals surface area contributed by atoms with Gasteiger partial charge in [-0.05, 0) is 43.0 Å². The highest BCUT2D eigenvalue weighted by molar-refractivity contribution is 5.36. The number of hydrogen-bond acceptors (Lipinski definition) is 1. The summed E-state index contributed by atoms with van der Waals surface area (Å²) in [4.78, 5) is 0. The Bertz CT molecular complexity index is 575. The second kappa shape index (κ2) is 7.37. The molecule has 21 heavy (non-hydrogen) atoms. The largest absolute Gasteiger partial charge is 0.306 e. The van der Waals surface area contributed by atoms with Crippen LogP contribution in [0.4, 0.5) is 4.39 Å². The highest BCUT2D eigenvalue weighted by Crippen LogP contribution is 2.26. The van der Waals surface area contributed by atoms with E-state index in [1.54, 1.807) is 0 Å². The Hall–Kier alpha value is -1.67. The Balaban J connectivity index is 2.39. The Labute approximate surface area is 127 Å². The van der Waals surface area contributed by atoms with Gasteiger partial charge in [0.2, 0.25) is 0 Å². The summed E-state index contributed by atoms with van der Waals surface area (Å²) in [5.41, 5.74) is 3.84. The molecule has 2 heteroatoms. The fourth-order valence-electron chi connectivity index (χ4n) is 2.53. The van der Waals surface area contributed by atoms with Crippen LogP contribution < -0.4 is 5.32 Å². The topological polar surface area (TPSA) is 12.0 Å². The number of benzene rings is 2. The first-order valence-corrected chi connectivity index (χ1v) is 7.74. The molecule has 1 N–H and O–H groups in total. The molecule has 1 atom stereocenters. The molecule has 0 saturated heterocycles. The van der Waals surface area contributed by atoms with Crippen molar-refractivity contribution < 1.29 is 4.39 Å². The highest BCUT2D eigenvalue weighted by Gasteiger charge is 2.18. The molecule has 0 fully saturated rings. The van der Waals surface area contributed by atoms with Crippen LogP contribution in [0.15, 0.2) is 42.5 Å². The molecule has 0 radical (unpaired) electrons. The lowest BCUT2D eigenvalue weighted by Gasteiger charge is -2.21. The molecule has 0 bridgehead atoms. The lowest BCUT2D eigenvalue weighted by Crippen LogP contribution is -2.24. The van der Waals surface area contributed by atoms with Crippen molar-refractivity contribution in [3.63, 3.8) is 0 Å². The minimum atomic E-state index is -0.106. The smallest absolute Gasteiger partial charge is 0.131 e. The average Bonchev–Trinajstić information content (AvgIpc) is 2.52. The van der Waals surface area contributed by atoms with Crippen molar-refractivity contribution in [3.8, 4) is 0 Å². The Morgan fingerprint density at radius 2 is 1.76 bits per heavy atom. The van der Waals surface area contributed by atoms with Crippen molar-refractivity contribution in [1.82, 2.24) is 5.32 Å². The molecule has 0 aliphatic rings. The lowest BCUT2D eigenvalue weighted by molar-refractivity contribution is 0.542. The Morgan fingerprint density at radius 1 is 1.05 bits per heavy atom. The van der Waals surface area contributed by atoms with Crippen LogP contribution in [-0.2, 0) is 6.42 Å². The van der Waals surface area contributed by atoms with Gasteiger partial charge in [-0.1, -0.05) is 56.3 Å².